The Morgan fingerprint density at radius 3 is 2.00 bits per heavy atom. The normalized spacial score (nSPS) is 31.2. The highest BCUT2D eigenvalue weighted by atomic mass is 32.2. The van der Waals surface area contributed by atoms with Crippen molar-refractivity contribution in [2.75, 3.05) is 29.6 Å². The Kier molecular flexibility index (Phi) is 4.70. The number of carbonyl (C=O) groups excluding carboxylic acids is 1. The van der Waals surface area contributed by atoms with Gasteiger partial charge < -0.3 is 10.6 Å². The van der Waals surface area contributed by atoms with E-state index in [4.69, 9.17) is 0 Å². The van der Waals surface area contributed by atoms with Gasteiger partial charge in [-0.05, 0) is 12.8 Å². The summed E-state index contributed by atoms with van der Waals surface area (Å²) in [5, 5.41) is 5.75. The fraction of sp³-hybridized carbons (Fsp3) is 0.909. The number of hydrogen-bond acceptors (Lipinski definition) is 6. The molecule has 20 heavy (non-hydrogen) atoms. The van der Waals surface area contributed by atoms with E-state index in [-0.39, 0.29) is 47.4 Å². The second kappa shape index (κ2) is 5.98. The van der Waals surface area contributed by atoms with Crippen molar-refractivity contribution in [3.63, 3.8) is 0 Å². The fourth-order valence-electron chi connectivity index (χ4n) is 2.55. The second-order valence-electron chi connectivity index (χ2n) is 5.47. The van der Waals surface area contributed by atoms with E-state index in [9.17, 15) is 21.6 Å². The molecule has 2 aliphatic heterocycles. The molecule has 7 nitrogen and oxygen atoms in total. The maximum atomic E-state index is 11.6. The highest BCUT2D eigenvalue weighted by Gasteiger charge is 2.29. The van der Waals surface area contributed by atoms with Gasteiger partial charge in [-0.15, -0.1) is 0 Å². The standard InChI is InChI=1S/C11H20N2O5S2/c14-11(13-10-3-6-20(17,18)8-10)1-4-12-9-2-5-19(15,16)7-9/h9-10,12H,1-8H2,(H,13,14). The summed E-state index contributed by atoms with van der Waals surface area (Å²) >= 11 is 0. The van der Waals surface area contributed by atoms with Gasteiger partial charge in [-0.3, -0.25) is 4.79 Å². The first kappa shape index (κ1) is 15.7. The van der Waals surface area contributed by atoms with E-state index in [1.807, 2.05) is 0 Å². The zero-order chi connectivity index (χ0) is 14.8. The summed E-state index contributed by atoms with van der Waals surface area (Å²) in [6.07, 6.45) is 1.29. The van der Waals surface area contributed by atoms with Crippen LogP contribution in [-0.2, 0) is 24.5 Å². The van der Waals surface area contributed by atoms with Gasteiger partial charge in [-0.2, -0.15) is 0 Å². The lowest BCUT2D eigenvalue weighted by molar-refractivity contribution is -0.121. The van der Waals surface area contributed by atoms with Gasteiger partial charge in [0.15, 0.2) is 19.7 Å². The summed E-state index contributed by atoms with van der Waals surface area (Å²) in [6.45, 7) is 0.408. The van der Waals surface area contributed by atoms with Crippen molar-refractivity contribution in [2.24, 2.45) is 0 Å². The molecule has 0 aromatic heterocycles. The lowest BCUT2D eigenvalue weighted by Gasteiger charge is -2.13. The predicted molar refractivity (Wildman–Crippen MR) is 74.9 cm³/mol. The minimum Gasteiger partial charge on any atom is -0.352 e. The average Bonchev–Trinajstić information content (AvgIpc) is 2.81. The molecule has 0 spiro atoms. The summed E-state index contributed by atoms with van der Waals surface area (Å²) in [5.74, 6) is 0.301. The second-order valence-corrected chi connectivity index (χ2v) is 9.93. The van der Waals surface area contributed by atoms with E-state index < -0.39 is 19.7 Å². The first-order chi connectivity index (χ1) is 9.26. The van der Waals surface area contributed by atoms with Gasteiger partial charge in [0.05, 0.1) is 23.0 Å². The zero-order valence-electron chi connectivity index (χ0n) is 11.2. The van der Waals surface area contributed by atoms with Crippen molar-refractivity contribution in [2.45, 2.75) is 31.3 Å². The topological polar surface area (TPSA) is 109 Å². The van der Waals surface area contributed by atoms with Crippen LogP contribution in [0, 0.1) is 0 Å². The average molecular weight is 324 g/mol. The number of sulfone groups is 2. The maximum absolute atomic E-state index is 11.6. The van der Waals surface area contributed by atoms with Gasteiger partial charge in [0, 0.05) is 25.0 Å². The molecule has 0 aliphatic carbocycles. The van der Waals surface area contributed by atoms with Gasteiger partial charge >= 0.3 is 0 Å². The minimum atomic E-state index is -2.98. The van der Waals surface area contributed by atoms with Crippen molar-refractivity contribution in [1.29, 1.82) is 0 Å². The molecule has 2 N–H and O–H groups in total. The molecule has 9 heteroatoms. The highest BCUT2D eigenvalue weighted by Crippen LogP contribution is 2.12. The number of nitrogens with one attached hydrogen (secondary N) is 2. The molecule has 2 aliphatic rings. The van der Waals surface area contributed by atoms with Gasteiger partial charge in [-0.1, -0.05) is 0 Å². The van der Waals surface area contributed by atoms with Crippen LogP contribution < -0.4 is 10.6 Å². The molecule has 0 radical (unpaired) electrons. The van der Waals surface area contributed by atoms with Gasteiger partial charge in [0.1, 0.15) is 0 Å². The summed E-state index contributed by atoms with van der Waals surface area (Å²) in [5.41, 5.74) is 0. The number of amides is 1. The fourth-order valence-corrected chi connectivity index (χ4v) is 5.94. The Bertz CT molecular complexity index is 570. The van der Waals surface area contributed by atoms with Crippen LogP contribution in [0.4, 0.5) is 0 Å². The lowest BCUT2D eigenvalue weighted by atomic mass is 10.2. The SMILES string of the molecule is O=C(CCNC1CCS(=O)(=O)C1)NC1CCS(=O)(=O)C1. The third-order valence-electron chi connectivity index (χ3n) is 3.62. The smallest absolute Gasteiger partial charge is 0.221 e. The minimum absolute atomic E-state index is 0.0209. The van der Waals surface area contributed by atoms with Crippen LogP contribution >= 0.6 is 0 Å². The molecule has 2 atom stereocenters. The van der Waals surface area contributed by atoms with Crippen LogP contribution in [0.5, 0.6) is 0 Å². The van der Waals surface area contributed by atoms with Crippen LogP contribution in [0.15, 0.2) is 0 Å². The van der Waals surface area contributed by atoms with E-state index in [1.54, 1.807) is 0 Å². The largest absolute Gasteiger partial charge is 0.352 e. The Morgan fingerprint density at radius 1 is 0.950 bits per heavy atom. The van der Waals surface area contributed by atoms with Crippen molar-refractivity contribution in [1.82, 2.24) is 10.6 Å². The Labute approximate surface area is 119 Å². The van der Waals surface area contributed by atoms with Crippen molar-refractivity contribution >= 4 is 25.6 Å². The summed E-state index contributed by atoms with van der Waals surface area (Å²) in [6, 6.07) is -0.348. The van der Waals surface area contributed by atoms with Gasteiger partial charge in [-0.25, -0.2) is 16.8 Å². The molecule has 1 amide bonds. The Morgan fingerprint density at radius 2 is 1.50 bits per heavy atom. The van der Waals surface area contributed by atoms with E-state index in [0.29, 0.717) is 19.4 Å². The molecule has 2 unspecified atom stereocenters. The van der Waals surface area contributed by atoms with Crippen molar-refractivity contribution in [3.05, 3.63) is 0 Å². The first-order valence-electron chi connectivity index (χ1n) is 6.69. The van der Waals surface area contributed by atoms with Crippen LogP contribution in [0.25, 0.3) is 0 Å². The maximum Gasteiger partial charge on any atom is 0.221 e. The van der Waals surface area contributed by atoms with E-state index >= 15 is 0 Å². The first-order valence-corrected chi connectivity index (χ1v) is 10.3. The highest BCUT2D eigenvalue weighted by molar-refractivity contribution is 7.91. The molecule has 2 heterocycles. The lowest BCUT2D eigenvalue weighted by Crippen LogP contribution is -2.38. The molecule has 2 fully saturated rings. The van der Waals surface area contributed by atoms with Crippen molar-refractivity contribution < 1.29 is 21.6 Å². The monoisotopic (exact) mass is 324 g/mol. The quantitative estimate of drug-likeness (QED) is 0.634. The summed E-state index contributed by atoms with van der Waals surface area (Å²) in [4.78, 5) is 11.6. The number of rotatable bonds is 5. The van der Waals surface area contributed by atoms with Gasteiger partial charge in [0.2, 0.25) is 5.91 Å². The molecule has 0 saturated carbocycles. The van der Waals surface area contributed by atoms with Gasteiger partial charge in [0.25, 0.3) is 0 Å². The molecular formula is C11H20N2O5S2. The Balaban J connectivity index is 1.64. The molecule has 2 saturated heterocycles. The molecule has 0 aromatic carbocycles. The van der Waals surface area contributed by atoms with E-state index in [2.05, 4.69) is 10.6 Å². The molecule has 116 valence electrons. The third-order valence-corrected chi connectivity index (χ3v) is 7.15. The molecule has 0 aromatic rings. The van der Waals surface area contributed by atoms with Crippen LogP contribution in [0.3, 0.4) is 0 Å². The van der Waals surface area contributed by atoms with Crippen LogP contribution in [-0.4, -0.2) is 64.4 Å². The summed E-state index contributed by atoms with van der Waals surface area (Å²) in [7, 11) is -5.89. The van der Waals surface area contributed by atoms with Crippen molar-refractivity contribution in [3.8, 4) is 0 Å². The summed E-state index contributed by atoms with van der Waals surface area (Å²) < 4.78 is 45.0. The van der Waals surface area contributed by atoms with Crippen LogP contribution in [0.2, 0.25) is 0 Å². The number of hydrogen-bond donors (Lipinski definition) is 2. The molecular weight excluding hydrogens is 304 g/mol. The van der Waals surface area contributed by atoms with E-state index in [0.717, 1.165) is 0 Å². The Hall–Kier alpha value is -0.670. The molecule has 0 bridgehead atoms. The molecule has 2 rings (SSSR count). The zero-order valence-corrected chi connectivity index (χ0v) is 12.8. The van der Waals surface area contributed by atoms with Crippen LogP contribution in [0.1, 0.15) is 19.3 Å². The van der Waals surface area contributed by atoms with E-state index in [1.165, 1.54) is 0 Å². The number of carbonyl (C=O) groups is 1. The predicted octanol–water partition coefficient (Wildman–Crippen LogP) is -1.54. The third kappa shape index (κ3) is 4.71.